The summed E-state index contributed by atoms with van der Waals surface area (Å²) in [6.45, 7) is -0.236. The molecule has 2 N–H and O–H groups in total. The molecular formula is C22H22ClF5N2O4S. The molecule has 192 valence electrons. The molecule has 1 heterocycles. The van der Waals surface area contributed by atoms with Gasteiger partial charge in [0.2, 0.25) is 5.91 Å². The highest BCUT2D eigenvalue weighted by Gasteiger charge is 2.37. The first-order valence-electron chi connectivity index (χ1n) is 10.3. The van der Waals surface area contributed by atoms with Crippen molar-refractivity contribution in [2.24, 2.45) is 5.73 Å². The van der Waals surface area contributed by atoms with Crippen LogP contribution < -0.4 is 10.6 Å². The highest BCUT2D eigenvalue weighted by Crippen LogP contribution is 2.34. The smallest absolute Gasteiger partial charge is 0.319 e. The highest BCUT2D eigenvalue weighted by atomic mass is 35.5. The van der Waals surface area contributed by atoms with Crippen molar-refractivity contribution in [2.75, 3.05) is 10.7 Å². The average molecular weight is 541 g/mol. The number of fused-ring (bicyclic) bond motifs is 1. The molecule has 0 aromatic heterocycles. The van der Waals surface area contributed by atoms with Crippen LogP contribution >= 0.6 is 12.4 Å². The molecule has 0 saturated heterocycles. The Hall–Kier alpha value is -2.57. The van der Waals surface area contributed by atoms with E-state index < -0.39 is 74.4 Å². The number of carbonyl (C=O) groups excluding carboxylic acids is 2. The van der Waals surface area contributed by atoms with Gasteiger partial charge in [-0.3, -0.25) is 9.59 Å². The number of alkyl halides is 3. The zero-order chi connectivity index (χ0) is 25.3. The van der Waals surface area contributed by atoms with E-state index in [0.717, 1.165) is 23.1 Å². The van der Waals surface area contributed by atoms with Crippen LogP contribution in [0.2, 0.25) is 0 Å². The van der Waals surface area contributed by atoms with Crippen LogP contribution in [0.3, 0.4) is 0 Å². The molecule has 0 aliphatic carbocycles. The topological polar surface area (TPSA) is 97.5 Å². The molecule has 35 heavy (non-hydrogen) atoms. The molecule has 1 atom stereocenters. The minimum Gasteiger partial charge on any atom is -0.319 e. The Balaban J connectivity index is 0.00000432. The third kappa shape index (κ3) is 6.98. The van der Waals surface area contributed by atoms with Crippen molar-refractivity contribution in [1.29, 1.82) is 0 Å². The van der Waals surface area contributed by atoms with Gasteiger partial charge in [-0.25, -0.2) is 17.2 Å². The number of sulfone groups is 1. The van der Waals surface area contributed by atoms with Gasteiger partial charge < -0.3 is 10.6 Å². The minimum atomic E-state index is -4.38. The second kappa shape index (κ2) is 11.0. The van der Waals surface area contributed by atoms with Gasteiger partial charge in [-0.1, -0.05) is 12.1 Å². The van der Waals surface area contributed by atoms with Crippen LogP contribution in [0.5, 0.6) is 0 Å². The van der Waals surface area contributed by atoms with Crippen LogP contribution in [0.25, 0.3) is 0 Å². The van der Waals surface area contributed by atoms with Gasteiger partial charge in [-0.05, 0) is 42.7 Å². The summed E-state index contributed by atoms with van der Waals surface area (Å²) in [5.41, 5.74) is 5.36. The summed E-state index contributed by atoms with van der Waals surface area (Å²) in [6.07, 6.45) is -6.36. The number of hydrogen-bond acceptors (Lipinski definition) is 5. The number of nitrogens with zero attached hydrogens (tertiary/aromatic N) is 1. The Morgan fingerprint density at radius 3 is 2.31 bits per heavy atom. The van der Waals surface area contributed by atoms with Gasteiger partial charge in [-0.2, -0.15) is 13.2 Å². The summed E-state index contributed by atoms with van der Waals surface area (Å²) in [5, 5.41) is 0. The average Bonchev–Trinajstić information content (AvgIpc) is 2.80. The van der Waals surface area contributed by atoms with Crippen LogP contribution in [-0.2, 0) is 21.2 Å². The Morgan fingerprint density at radius 2 is 1.71 bits per heavy atom. The zero-order valence-corrected chi connectivity index (χ0v) is 19.8. The maximum atomic E-state index is 14.8. The van der Waals surface area contributed by atoms with Gasteiger partial charge in [0.15, 0.2) is 15.6 Å². The van der Waals surface area contributed by atoms with Gasteiger partial charge in [0, 0.05) is 12.8 Å². The number of hydrogen-bond donors (Lipinski definition) is 1. The minimum absolute atomic E-state index is 0. The molecule has 13 heteroatoms. The first kappa shape index (κ1) is 28.7. The van der Waals surface area contributed by atoms with E-state index in [4.69, 9.17) is 5.73 Å². The molecule has 1 aliphatic rings. The molecule has 1 amide bonds. The third-order valence-electron chi connectivity index (χ3n) is 5.33. The van der Waals surface area contributed by atoms with Gasteiger partial charge in [0.05, 0.1) is 34.5 Å². The largest absolute Gasteiger partial charge is 0.389 e. The molecular weight excluding hydrogens is 519 g/mol. The Morgan fingerprint density at radius 1 is 1.09 bits per heavy atom. The van der Waals surface area contributed by atoms with Crippen molar-refractivity contribution in [3.63, 3.8) is 0 Å². The van der Waals surface area contributed by atoms with Gasteiger partial charge >= 0.3 is 6.18 Å². The number of benzene rings is 2. The van der Waals surface area contributed by atoms with Crippen molar-refractivity contribution in [1.82, 2.24) is 0 Å². The van der Waals surface area contributed by atoms with Crippen LogP contribution in [0, 0.1) is 11.6 Å². The Bertz CT molecular complexity index is 1200. The molecule has 6 nitrogen and oxygen atoms in total. The van der Waals surface area contributed by atoms with Crippen molar-refractivity contribution in [2.45, 2.75) is 49.3 Å². The number of halogens is 6. The van der Waals surface area contributed by atoms with E-state index in [1.807, 2.05) is 0 Å². The number of unbranched alkanes of at least 4 members (excludes halogenated alkanes) is 1. The number of amides is 1. The fourth-order valence-electron chi connectivity index (χ4n) is 3.61. The maximum Gasteiger partial charge on any atom is 0.389 e. The van der Waals surface area contributed by atoms with Crippen LogP contribution in [0.15, 0.2) is 41.3 Å². The lowest BCUT2D eigenvalue weighted by Gasteiger charge is -2.25. The second-order valence-corrected chi connectivity index (χ2v) is 9.99. The number of rotatable bonds is 7. The van der Waals surface area contributed by atoms with Crippen LogP contribution in [0.1, 0.15) is 41.6 Å². The van der Waals surface area contributed by atoms with Gasteiger partial charge in [-0.15, -0.1) is 12.4 Å². The van der Waals surface area contributed by atoms with Gasteiger partial charge in [0.25, 0.3) is 0 Å². The number of carbonyl (C=O) groups is 2. The first-order valence-corrected chi connectivity index (χ1v) is 11.9. The van der Waals surface area contributed by atoms with E-state index in [-0.39, 0.29) is 37.5 Å². The van der Waals surface area contributed by atoms with Crippen molar-refractivity contribution >= 4 is 39.6 Å². The normalized spacial score (nSPS) is 17.4. The van der Waals surface area contributed by atoms with E-state index in [1.54, 1.807) is 0 Å². The predicted molar refractivity (Wildman–Crippen MR) is 120 cm³/mol. The van der Waals surface area contributed by atoms with E-state index in [2.05, 4.69) is 0 Å². The lowest BCUT2D eigenvalue weighted by molar-refractivity contribution is -0.135. The Kier molecular flexibility index (Phi) is 9.01. The van der Waals surface area contributed by atoms with Crippen molar-refractivity contribution in [3.8, 4) is 0 Å². The fourth-order valence-corrected chi connectivity index (χ4v) is 5.18. The molecule has 0 unspecified atom stereocenters. The molecule has 0 spiro atoms. The van der Waals surface area contributed by atoms with E-state index in [0.29, 0.717) is 11.6 Å². The van der Waals surface area contributed by atoms with Gasteiger partial charge in [0.1, 0.15) is 11.6 Å². The summed E-state index contributed by atoms with van der Waals surface area (Å²) in [4.78, 5) is 25.9. The number of Topliss-reactive ketones (excluding diaryl/α,β-unsaturated/α-hetero) is 1. The summed E-state index contributed by atoms with van der Waals surface area (Å²) in [6, 6.07) is 5.06. The first-order chi connectivity index (χ1) is 15.8. The van der Waals surface area contributed by atoms with Crippen LogP contribution in [-0.4, -0.2) is 38.1 Å². The Labute approximate surface area is 204 Å². The zero-order valence-electron chi connectivity index (χ0n) is 18.1. The summed E-state index contributed by atoms with van der Waals surface area (Å²) >= 11 is 0. The molecule has 0 bridgehead atoms. The number of nitrogens with two attached hydrogens (primary N) is 1. The molecule has 0 saturated carbocycles. The van der Waals surface area contributed by atoms with E-state index in [9.17, 15) is 40.0 Å². The number of anilines is 1. The summed E-state index contributed by atoms with van der Waals surface area (Å²) in [5.74, 6) is -4.13. The predicted octanol–water partition coefficient (Wildman–Crippen LogP) is 4.34. The fraction of sp³-hybridized carbons (Fsp3) is 0.364. The lowest BCUT2D eigenvalue weighted by atomic mass is 10.0. The quantitative estimate of drug-likeness (QED) is 0.320. The molecule has 2 aromatic rings. The monoisotopic (exact) mass is 540 g/mol. The van der Waals surface area contributed by atoms with E-state index >= 15 is 0 Å². The highest BCUT2D eigenvalue weighted by molar-refractivity contribution is 7.91. The molecule has 0 fully saturated rings. The molecule has 1 aliphatic heterocycles. The molecule has 0 radical (unpaired) electrons. The third-order valence-corrected chi connectivity index (χ3v) is 7.12. The number of ketones is 1. The summed E-state index contributed by atoms with van der Waals surface area (Å²) < 4.78 is 90.5. The van der Waals surface area contributed by atoms with Crippen LogP contribution in [0.4, 0.5) is 27.6 Å². The SMILES string of the molecule is Cl.N[C@H]1CS(=O)(=O)c2cc(F)c(C(=O)CCCCC(F)(F)F)cc2N(Cc2ccc(F)cc2)C1=O. The second-order valence-electron chi connectivity index (χ2n) is 7.98. The maximum absolute atomic E-state index is 14.8. The van der Waals surface area contributed by atoms with E-state index in [1.165, 1.54) is 12.1 Å². The molecule has 2 aromatic carbocycles. The van der Waals surface area contributed by atoms with Crippen molar-refractivity contribution < 1.29 is 40.0 Å². The molecule has 3 rings (SSSR count). The standard InChI is InChI=1S/C22H21F5N2O4S.ClH/c23-14-6-4-13(5-7-14)11-29-18-9-15(19(30)3-1-2-8-22(25,26)27)16(24)10-20(18)34(32,33)12-17(28)21(29)31;/h4-7,9-10,17H,1-3,8,11-12,28H2;1H/t17-;/m0./s1. The summed E-state index contributed by atoms with van der Waals surface area (Å²) in [7, 11) is -4.22. The van der Waals surface area contributed by atoms with Crippen molar-refractivity contribution in [3.05, 3.63) is 59.2 Å². The lowest BCUT2D eigenvalue weighted by Crippen LogP contribution is -2.45.